The van der Waals surface area contributed by atoms with Crippen LogP contribution in [0.5, 0.6) is 0 Å². The Labute approximate surface area is 105 Å². The molecule has 1 aliphatic heterocycles. The van der Waals surface area contributed by atoms with Gasteiger partial charge in [-0.2, -0.15) is 0 Å². The number of likely N-dealkylation sites (tertiary alicyclic amines) is 1. The summed E-state index contributed by atoms with van der Waals surface area (Å²) < 4.78 is 4.68. The fourth-order valence-electron chi connectivity index (χ4n) is 2.19. The molecule has 2 rings (SSSR count). The molecular formula is C13H15NO4. The van der Waals surface area contributed by atoms with Gasteiger partial charge >= 0.3 is 11.9 Å². The predicted octanol–water partition coefficient (Wildman–Crippen LogP) is 0.887. The number of benzene rings is 1. The van der Waals surface area contributed by atoms with Gasteiger partial charge in [0, 0.05) is 6.54 Å². The minimum absolute atomic E-state index is 0.314. The molecule has 0 radical (unpaired) electrons. The van der Waals surface area contributed by atoms with Crippen molar-refractivity contribution >= 4 is 11.9 Å². The van der Waals surface area contributed by atoms with Gasteiger partial charge in [0.15, 0.2) is 0 Å². The molecule has 96 valence electrons. The summed E-state index contributed by atoms with van der Waals surface area (Å²) in [5.74, 6) is -1.27. The first kappa shape index (κ1) is 12.6. The summed E-state index contributed by atoms with van der Waals surface area (Å²) in [6, 6.07) is 8.44. The summed E-state index contributed by atoms with van der Waals surface area (Å²) in [5.41, 5.74) is 0.984. The number of methoxy groups -OCH3 is 1. The normalized spacial score (nSPS) is 23.2. The molecule has 1 saturated heterocycles. The Morgan fingerprint density at radius 3 is 2.56 bits per heavy atom. The van der Waals surface area contributed by atoms with E-state index in [2.05, 4.69) is 4.74 Å². The molecule has 1 aromatic rings. The van der Waals surface area contributed by atoms with Crippen LogP contribution in [0.2, 0.25) is 0 Å². The second-order valence-corrected chi connectivity index (χ2v) is 4.29. The highest BCUT2D eigenvalue weighted by molar-refractivity contribution is 5.83. The van der Waals surface area contributed by atoms with E-state index in [1.54, 1.807) is 4.90 Å². The number of carboxylic acids is 1. The molecule has 0 unspecified atom stereocenters. The molecular weight excluding hydrogens is 234 g/mol. The molecule has 1 aromatic carbocycles. The third-order valence-corrected chi connectivity index (χ3v) is 3.21. The van der Waals surface area contributed by atoms with E-state index in [1.165, 1.54) is 7.11 Å². The van der Waals surface area contributed by atoms with Crippen molar-refractivity contribution in [3.63, 3.8) is 0 Å². The zero-order chi connectivity index (χ0) is 13.1. The molecule has 5 nitrogen and oxygen atoms in total. The van der Waals surface area contributed by atoms with Crippen LogP contribution in [-0.2, 0) is 20.9 Å². The molecule has 1 aliphatic rings. The van der Waals surface area contributed by atoms with Crippen LogP contribution in [0, 0.1) is 0 Å². The summed E-state index contributed by atoms with van der Waals surface area (Å²) in [6.07, 6.45) is 0.314. The number of hydrogen-bond donors (Lipinski definition) is 1. The average molecular weight is 249 g/mol. The Hall–Kier alpha value is -1.88. The number of hydrogen-bond acceptors (Lipinski definition) is 4. The van der Waals surface area contributed by atoms with Crippen LogP contribution in [0.1, 0.15) is 12.0 Å². The number of aliphatic carboxylic acids is 1. The Bertz CT molecular complexity index is 446. The number of rotatable bonds is 4. The van der Waals surface area contributed by atoms with Crippen molar-refractivity contribution in [3.8, 4) is 0 Å². The van der Waals surface area contributed by atoms with Crippen LogP contribution >= 0.6 is 0 Å². The lowest BCUT2D eigenvalue weighted by Gasteiger charge is -2.44. The van der Waals surface area contributed by atoms with E-state index in [-0.39, 0.29) is 5.97 Å². The Morgan fingerprint density at radius 1 is 1.33 bits per heavy atom. The fourth-order valence-corrected chi connectivity index (χ4v) is 2.19. The van der Waals surface area contributed by atoms with Crippen molar-refractivity contribution in [2.24, 2.45) is 0 Å². The van der Waals surface area contributed by atoms with E-state index in [1.807, 2.05) is 30.3 Å². The minimum atomic E-state index is -0.897. The number of carbonyl (C=O) groups is 2. The Kier molecular flexibility index (Phi) is 3.62. The molecule has 18 heavy (non-hydrogen) atoms. The standard InChI is InChI=1S/C13H15NO4/c1-18-13(17)11-7-10(12(15)16)14(11)8-9-5-3-2-4-6-9/h2-6,10-11H,7-8H2,1H3,(H,15,16)/t10-,11-/m1/s1. The average Bonchev–Trinajstić information content (AvgIpc) is 2.35. The van der Waals surface area contributed by atoms with Gasteiger partial charge < -0.3 is 9.84 Å². The third-order valence-electron chi connectivity index (χ3n) is 3.21. The van der Waals surface area contributed by atoms with Gasteiger partial charge in [-0.15, -0.1) is 0 Å². The summed E-state index contributed by atoms with van der Waals surface area (Å²) in [5, 5.41) is 9.06. The molecule has 0 spiro atoms. The van der Waals surface area contributed by atoms with Gasteiger partial charge in [-0.3, -0.25) is 14.5 Å². The van der Waals surface area contributed by atoms with Gasteiger partial charge in [0.05, 0.1) is 7.11 Å². The van der Waals surface area contributed by atoms with Gasteiger partial charge in [-0.25, -0.2) is 0 Å². The van der Waals surface area contributed by atoms with Crippen LogP contribution < -0.4 is 0 Å². The smallest absolute Gasteiger partial charge is 0.323 e. The maximum Gasteiger partial charge on any atom is 0.323 e. The first-order valence-corrected chi connectivity index (χ1v) is 5.73. The zero-order valence-electron chi connectivity index (χ0n) is 10.1. The van der Waals surface area contributed by atoms with Crippen molar-refractivity contribution in [1.82, 2.24) is 4.90 Å². The molecule has 0 bridgehead atoms. The first-order chi connectivity index (χ1) is 8.63. The fraction of sp³-hybridized carbons (Fsp3) is 0.385. The second kappa shape index (κ2) is 5.18. The molecule has 1 heterocycles. The van der Waals surface area contributed by atoms with Crippen LogP contribution in [-0.4, -0.2) is 41.1 Å². The number of esters is 1. The van der Waals surface area contributed by atoms with Crippen molar-refractivity contribution < 1.29 is 19.4 Å². The van der Waals surface area contributed by atoms with E-state index >= 15 is 0 Å². The highest BCUT2D eigenvalue weighted by atomic mass is 16.5. The molecule has 1 fully saturated rings. The van der Waals surface area contributed by atoms with Crippen molar-refractivity contribution in [1.29, 1.82) is 0 Å². The lowest BCUT2D eigenvalue weighted by Crippen LogP contribution is -2.62. The first-order valence-electron chi connectivity index (χ1n) is 5.73. The maximum atomic E-state index is 11.5. The van der Waals surface area contributed by atoms with E-state index < -0.39 is 18.1 Å². The highest BCUT2D eigenvalue weighted by Crippen LogP contribution is 2.29. The number of carboxylic acid groups (broad SMARTS) is 1. The van der Waals surface area contributed by atoms with Gasteiger partial charge in [0.25, 0.3) is 0 Å². The van der Waals surface area contributed by atoms with E-state index in [0.29, 0.717) is 13.0 Å². The van der Waals surface area contributed by atoms with E-state index in [9.17, 15) is 9.59 Å². The molecule has 5 heteroatoms. The van der Waals surface area contributed by atoms with E-state index in [0.717, 1.165) is 5.56 Å². The SMILES string of the molecule is COC(=O)[C@H]1C[C@H](C(=O)O)N1Cc1ccccc1. The lowest BCUT2D eigenvalue weighted by atomic mass is 9.92. The topological polar surface area (TPSA) is 66.8 Å². The second-order valence-electron chi connectivity index (χ2n) is 4.29. The van der Waals surface area contributed by atoms with Crippen LogP contribution in [0.3, 0.4) is 0 Å². The highest BCUT2D eigenvalue weighted by Gasteiger charge is 2.47. The van der Waals surface area contributed by atoms with Crippen LogP contribution in [0.4, 0.5) is 0 Å². The summed E-state index contributed by atoms with van der Waals surface area (Å²) >= 11 is 0. The van der Waals surface area contributed by atoms with Crippen molar-refractivity contribution in [3.05, 3.63) is 35.9 Å². The molecule has 2 atom stereocenters. The molecule has 1 N–H and O–H groups in total. The number of nitrogens with zero attached hydrogens (tertiary/aromatic N) is 1. The predicted molar refractivity (Wildman–Crippen MR) is 63.8 cm³/mol. The monoisotopic (exact) mass is 249 g/mol. The Morgan fingerprint density at radius 2 is 2.00 bits per heavy atom. The summed E-state index contributed by atoms with van der Waals surface area (Å²) in [4.78, 5) is 24.2. The molecule has 0 amide bonds. The third kappa shape index (κ3) is 2.36. The maximum absolute atomic E-state index is 11.5. The number of ether oxygens (including phenoxy) is 1. The van der Waals surface area contributed by atoms with Crippen LogP contribution in [0.15, 0.2) is 30.3 Å². The lowest BCUT2D eigenvalue weighted by molar-refractivity contribution is -0.166. The van der Waals surface area contributed by atoms with Gasteiger partial charge in [0.2, 0.25) is 0 Å². The Balaban J connectivity index is 2.10. The summed E-state index contributed by atoms with van der Waals surface area (Å²) in [7, 11) is 1.32. The van der Waals surface area contributed by atoms with Gasteiger partial charge in [-0.05, 0) is 12.0 Å². The quantitative estimate of drug-likeness (QED) is 0.803. The minimum Gasteiger partial charge on any atom is -0.480 e. The molecule has 0 saturated carbocycles. The van der Waals surface area contributed by atoms with Crippen LogP contribution in [0.25, 0.3) is 0 Å². The van der Waals surface area contributed by atoms with Crippen molar-refractivity contribution in [2.75, 3.05) is 7.11 Å². The van der Waals surface area contributed by atoms with Gasteiger partial charge in [-0.1, -0.05) is 30.3 Å². The summed E-state index contributed by atoms with van der Waals surface area (Å²) in [6.45, 7) is 0.442. The van der Waals surface area contributed by atoms with Gasteiger partial charge in [0.1, 0.15) is 12.1 Å². The molecule has 0 aromatic heterocycles. The van der Waals surface area contributed by atoms with E-state index in [4.69, 9.17) is 5.11 Å². The largest absolute Gasteiger partial charge is 0.480 e. The molecule has 0 aliphatic carbocycles. The van der Waals surface area contributed by atoms with Crippen molar-refractivity contribution in [2.45, 2.75) is 25.0 Å². The number of carbonyl (C=O) groups excluding carboxylic acids is 1. The zero-order valence-corrected chi connectivity index (χ0v) is 10.1.